The lowest BCUT2D eigenvalue weighted by Gasteiger charge is -2.31. The summed E-state index contributed by atoms with van der Waals surface area (Å²) in [7, 11) is 0. The first-order valence-corrected chi connectivity index (χ1v) is 6.80. The summed E-state index contributed by atoms with van der Waals surface area (Å²) < 4.78 is 0. The second-order valence-corrected chi connectivity index (χ2v) is 5.16. The van der Waals surface area contributed by atoms with Crippen LogP contribution in [-0.2, 0) is 9.59 Å². The van der Waals surface area contributed by atoms with Crippen LogP contribution in [0.25, 0.3) is 0 Å². The summed E-state index contributed by atoms with van der Waals surface area (Å²) in [6.45, 7) is 3.12. The SMILES string of the molecule is NC(=O)CC1CCN(CCCCCC(=O)O)CC1. The standard InChI is InChI=1S/C13H24N2O3/c14-12(16)10-11-5-8-15(9-6-11)7-3-1-2-4-13(17)18/h11H,1-10H2,(H2,14,16)(H,17,18). The monoisotopic (exact) mass is 256 g/mol. The van der Waals surface area contributed by atoms with Crippen molar-refractivity contribution in [3.8, 4) is 0 Å². The van der Waals surface area contributed by atoms with E-state index < -0.39 is 5.97 Å². The lowest BCUT2D eigenvalue weighted by molar-refractivity contribution is -0.137. The maximum absolute atomic E-state index is 10.8. The molecular weight excluding hydrogens is 232 g/mol. The summed E-state index contributed by atoms with van der Waals surface area (Å²) in [5, 5.41) is 8.51. The Morgan fingerprint density at radius 2 is 1.83 bits per heavy atom. The van der Waals surface area contributed by atoms with Crippen LogP contribution in [0.2, 0.25) is 0 Å². The van der Waals surface area contributed by atoms with Crippen molar-refractivity contribution in [2.24, 2.45) is 11.7 Å². The van der Waals surface area contributed by atoms with E-state index in [0.717, 1.165) is 51.7 Å². The first kappa shape index (κ1) is 15.0. The van der Waals surface area contributed by atoms with Gasteiger partial charge in [-0.15, -0.1) is 0 Å². The number of primary amides is 1. The number of rotatable bonds is 8. The van der Waals surface area contributed by atoms with E-state index in [1.807, 2.05) is 0 Å². The van der Waals surface area contributed by atoms with Gasteiger partial charge in [-0.2, -0.15) is 0 Å². The molecule has 1 aliphatic heterocycles. The molecule has 0 saturated carbocycles. The van der Waals surface area contributed by atoms with Gasteiger partial charge >= 0.3 is 5.97 Å². The molecular formula is C13H24N2O3. The molecule has 0 atom stereocenters. The Bertz CT molecular complexity index is 273. The topological polar surface area (TPSA) is 83.6 Å². The third-order valence-electron chi connectivity index (χ3n) is 3.56. The average molecular weight is 256 g/mol. The van der Waals surface area contributed by atoms with Crippen molar-refractivity contribution in [2.45, 2.75) is 44.9 Å². The molecule has 1 amide bonds. The van der Waals surface area contributed by atoms with E-state index in [1.54, 1.807) is 0 Å². The zero-order valence-electron chi connectivity index (χ0n) is 10.9. The predicted molar refractivity (Wildman–Crippen MR) is 69.1 cm³/mol. The highest BCUT2D eigenvalue weighted by Gasteiger charge is 2.19. The molecule has 0 aromatic rings. The summed E-state index contributed by atoms with van der Waals surface area (Å²) in [5.74, 6) is -0.435. The summed E-state index contributed by atoms with van der Waals surface area (Å²) in [6, 6.07) is 0. The fourth-order valence-corrected chi connectivity index (χ4v) is 2.49. The van der Waals surface area contributed by atoms with Gasteiger partial charge in [0.05, 0.1) is 0 Å². The fraction of sp³-hybridized carbons (Fsp3) is 0.846. The van der Waals surface area contributed by atoms with Crippen molar-refractivity contribution in [1.29, 1.82) is 0 Å². The Labute approximate surface area is 108 Å². The molecule has 5 nitrogen and oxygen atoms in total. The molecule has 5 heteroatoms. The summed E-state index contributed by atoms with van der Waals surface area (Å²) >= 11 is 0. The van der Waals surface area contributed by atoms with E-state index in [9.17, 15) is 9.59 Å². The molecule has 0 bridgehead atoms. The number of unbranched alkanes of at least 4 members (excludes halogenated alkanes) is 2. The minimum Gasteiger partial charge on any atom is -0.481 e. The fourth-order valence-electron chi connectivity index (χ4n) is 2.49. The van der Waals surface area contributed by atoms with Gasteiger partial charge in [0, 0.05) is 12.8 Å². The molecule has 1 rings (SSSR count). The van der Waals surface area contributed by atoms with Crippen molar-refractivity contribution < 1.29 is 14.7 Å². The number of likely N-dealkylation sites (tertiary alicyclic amines) is 1. The molecule has 0 aromatic carbocycles. The molecule has 18 heavy (non-hydrogen) atoms. The maximum atomic E-state index is 10.8. The molecule has 0 aliphatic carbocycles. The lowest BCUT2D eigenvalue weighted by atomic mass is 9.93. The van der Waals surface area contributed by atoms with Gasteiger partial charge in [-0.3, -0.25) is 9.59 Å². The largest absolute Gasteiger partial charge is 0.481 e. The number of piperidine rings is 1. The Kier molecular flexibility index (Phi) is 6.72. The first-order chi connectivity index (χ1) is 8.58. The van der Waals surface area contributed by atoms with Gasteiger partial charge in [0.15, 0.2) is 0 Å². The first-order valence-electron chi connectivity index (χ1n) is 6.80. The zero-order chi connectivity index (χ0) is 13.4. The summed E-state index contributed by atoms with van der Waals surface area (Å²) in [4.78, 5) is 23.5. The average Bonchev–Trinajstić information content (AvgIpc) is 2.30. The van der Waals surface area contributed by atoms with E-state index in [0.29, 0.717) is 12.3 Å². The highest BCUT2D eigenvalue weighted by molar-refractivity contribution is 5.73. The number of carbonyl (C=O) groups excluding carboxylic acids is 1. The van der Waals surface area contributed by atoms with Crippen LogP contribution < -0.4 is 5.73 Å². The van der Waals surface area contributed by atoms with Crippen LogP contribution in [-0.4, -0.2) is 41.5 Å². The van der Waals surface area contributed by atoms with Crippen molar-refractivity contribution in [2.75, 3.05) is 19.6 Å². The van der Waals surface area contributed by atoms with Crippen LogP contribution in [0.4, 0.5) is 0 Å². The molecule has 0 spiro atoms. The second kappa shape index (κ2) is 8.08. The Morgan fingerprint density at radius 3 is 2.39 bits per heavy atom. The number of hydrogen-bond acceptors (Lipinski definition) is 3. The number of aliphatic carboxylic acids is 1. The molecule has 1 heterocycles. The van der Waals surface area contributed by atoms with Crippen LogP contribution in [0.5, 0.6) is 0 Å². The molecule has 3 N–H and O–H groups in total. The number of nitrogens with two attached hydrogens (primary N) is 1. The van der Waals surface area contributed by atoms with E-state index >= 15 is 0 Å². The van der Waals surface area contributed by atoms with Gasteiger partial charge in [0.25, 0.3) is 0 Å². The van der Waals surface area contributed by atoms with Gasteiger partial charge in [0.2, 0.25) is 5.91 Å². The van der Waals surface area contributed by atoms with Gasteiger partial charge in [-0.25, -0.2) is 0 Å². The Balaban J connectivity index is 2.02. The number of amides is 1. The lowest BCUT2D eigenvalue weighted by Crippen LogP contribution is -2.35. The zero-order valence-corrected chi connectivity index (χ0v) is 10.9. The van der Waals surface area contributed by atoms with Crippen LogP contribution in [0.3, 0.4) is 0 Å². The van der Waals surface area contributed by atoms with Crippen molar-refractivity contribution in [1.82, 2.24) is 4.90 Å². The highest BCUT2D eigenvalue weighted by Crippen LogP contribution is 2.20. The number of carboxylic acid groups (broad SMARTS) is 1. The third kappa shape index (κ3) is 6.59. The van der Waals surface area contributed by atoms with E-state index in [-0.39, 0.29) is 12.3 Å². The van der Waals surface area contributed by atoms with Gasteiger partial charge in [-0.1, -0.05) is 6.42 Å². The minimum absolute atomic E-state index is 0.192. The van der Waals surface area contributed by atoms with Gasteiger partial charge in [0.1, 0.15) is 0 Å². The Hall–Kier alpha value is -1.10. The molecule has 104 valence electrons. The summed E-state index contributed by atoms with van der Waals surface area (Å²) in [6.07, 6.45) is 5.72. The van der Waals surface area contributed by atoms with E-state index in [2.05, 4.69) is 4.90 Å². The van der Waals surface area contributed by atoms with Gasteiger partial charge in [-0.05, 0) is 51.2 Å². The number of carbonyl (C=O) groups is 2. The molecule has 1 aliphatic rings. The van der Waals surface area contributed by atoms with E-state index in [4.69, 9.17) is 10.8 Å². The van der Waals surface area contributed by atoms with Crippen molar-refractivity contribution in [3.05, 3.63) is 0 Å². The molecule has 0 unspecified atom stereocenters. The van der Waals surface area contributed by atoms with Crippen LogP contribution >= 0.6 is 0 Å². The number of hydrogen-bond donors (Lipinski definition) is 2. The minimum atomic E-state index is -0.706. The van der Waals surface area contributed by atoms with Crippen LogP contribution in [0.1, 0.15) is 44.9 Å². The quantitative estimate of drug-likeness (QED) is 0.640. The van der Waals surface area contributed by atoms with Crippen LogP contribution in [0.15, 0.2) is 0 Å². The molecule has 1 saturated heterocycles. The van der Waals surface area contributed by atoms with Gasteiger partial charge < -0.3 is 15.7 Å². The molecule has 1 fully saturated rings. The van der Waals surface area contributed by atoms with Crippen LogP contribution in [0, 0.1) is 5.92 Å². The van der Waals surface area contributed by atoms with Crippen molar-refractivity contribution in [3.63, 3.8) is 0 Å². The Morgan fingerprint density at radius 1 is 1.17 bits per heavy atom. The predicted octanol–water partition coefficient (Wildman–Crippen LogP) is 1.22. The number of nitrogens with zero attached hydrogens (tertiary/aromatic N) is 1. The maximum Gasteiger partial charge on any atom is 0.303 e. The van der Waals surface area contributed by atoms with Crippen molar-refractivity contribution >= 4 is 11.9 Å². The second-order valence-electron chi connectivity index (χ2n) is 5.16. The number of carboxylic acids is 1. The van der Waals surface area contributed by atoms with E-state index in [1.165, 1.54) is 0 Å². The smallest absolute Gasteiger partial charge is 0.303 e. The molecule has 0 aromatic heterocycles. The molecule has 0 radical (unpaired) electrons. The summed E-state index contributed by atoms with van der Waals surface area (Å²) in [5.41, 5.74) is 5.20. The highest BCUT2D eigenvalue weighted by atomic mass is 16.4. The normalized spacial score (nSPS) is 17.8. The third-order valence-corrected chi connectivity index (χ3v) is 3.56.